The zero-order valence-corrected chi connectivity index (χ0v) is 35.2. The molecule has 0 saturated carbocycles. The maximum Gasteiger partial charge on any atom is 0.125 e. The fourth-order valence-electron chi connectivity index (χ4n) is 9.04. The average molecular weight is 768 g/mol. The van der Waals surface area contributed by atoms with Crippen molar-refractivity contribution in [3.05, 3.63) is 147 Å². The minimum absolute atomic E-state index is 0.0950. The Labute approximate surface area is 341 Å². The fourth-order valence-corrected chi connectivity index (χ4v) is 9.04. The third kappa shape index (κ3) is 6.72. The normalized spacial score (nSPS) is 14.0. The van der Waals surface area contributed by atoms with E-state index in [0.29, 0.717) is 16.6 Å². The Balaban J connectivity index is 1.31. The van der Waals surface area contributed by atoms with Gasteiger partial charge in [-0.15, -0.1) is 0 Å². The van der Waals surface area contributed by atoms with E-state index in [0.717, 1.165) is 82.9 Å². The van der Waals surface area contributed by atoms with Gasteiger partial charge in [-0.2, -0.15) is 0 Å². The van der Waals surface area contributed by atoms with Crippen molar-refractivity contribution in [2.75, 3.05) is 0 Å². The molecule has 0 saturated heterocycles. The fraction of sp³-hybridized carbons (Fsp3) is 0.275. The maximum atomic E-state index is 12.0. The molecule has 4 unspecified atom stereocenters. The lowest BCUT2D eigenvalue weighted by atomic mass is 9.88. The van der Waals surface area contributed by atoms with Crippen LogP contribution in [-0.2, 0) is 0 Å². The summed E-state index contributed by atoms with van der Waals surface area (Å²) in [5.41, 5.74) is 15.3. The first-order valence-corrected chi connectivity index (χ1v) is 20.4. The smallest absolute Gasteiger partial charge is 0.125 e. The molecule has 3 heterocycles. The lowest BCUT2D eigenvalue weighted by Gasteiger charge is -2.27. The molecule has 0 aliphatic carbocycles. The highest BCUT2D eigenvalue weighted by Gasteiger charge is 2.27. The summed E-state index contributed by atoms with van der Waals surface area (Å²) in [7, 11) is 0. The summed E-state index contributed by atoms with van der Waals surface area (Å²) >= 11 is 0. The highest BCUT2D eigenvalue weighted by molar-refractivity contribution is 6.12. The molecule has 5 aromatic carbocycles. The van der Waals surface area contributed by atoms with Gasteiger partial charge in [0.1, 0.15) is 11.5 Å². The van der Waals surface area contributed by atoms with Gasteiger partial charge in [-0.1, -0.05) is 60.7 Å². The molecule has 0 spiro atoms. The molecule has 4 N–H and O–H groups in total. The van der Waals surface area contributed by atoms with Crippen molar-refractivity contribution in [1.82, 2.24) is 25.6 Å². The van der Waals surface area contributed by atoms with E-state index >= 15 is 0 Å². The molecule has 7 nitrogen and oxygen atoms in total. The first kappa shape index (κ1) is 39.0. The summed E-state index contributed by atoms with van der Waals surface area (Å²) in [6.07, 6.45) is 0. The predicted molar refractivity (Wildman–Crippen MR) is 240 cm³/mol. The van der Waals surface area contributed by atoms with Gasteiger partial charge in [-0.25, -0.2) is 4.98 Å². The first-order chi connectivity index (χ1) is 27.7. The average Bonchev–Trinajstić information content (AvgIpc) is 3.18. The molecule has 7 heteroatoms. The van der Waals surface area contributed by atoms with Gasteiger partial charge in [0.2, 0.25) is 0 Å². The highest BCUT2D eigenvalue weighted by atomic mass is 16.3. The number of hydrogen-bond donors (Lipinski definition) is 4. The summed E-state index contributed by atoms with van der Waals surface area (Å²) in [5, 5.41) is 35.6. The van der Waals surface area contributed by atoms with Crippen LogP contribution in [0.4, 0.5) is 0 Å². The van der Waals surface area contributed by atoms with E-state index in [1.54, 1.807) is 6.07 Å². The number of hydrogen-bond acceptors (Lipinski definition) is 7. The van der Waals surface area contributed by atoms with Gasteiger partial charge in [0.25, 0.3) is 0 Å². The van der Waals surface area contributed by atoms with Gasteiger partial charge < -0.3 is 20.8 Å². The zero-order chi connectivity index (χ0) is 41.2. The molecule has 0 bridgehead atoms. The van der Waals surface area contributed by atoms with Crippen molar-refractivity contribution in [3.8, 4) is 22.6 Å². The van der Waals surface area contributed by atoms with Crippen LogP contribution in [0.2, 0.25) is 0 Å². The number of pyridine rings is 3. The summed E-state index contributed by atoms with van der Waals surface area (Å²) in [5.74, 6) is 0.372. The summed E-state index contributed by atoms with van der Waals surface area (Å²) in [6, 6.07) is 30.5. The predicted octanol–water partition coefficient (Wildman–Crippen LogP) is 12.2. The Morgan fingerprint density at radius 3 is 1.53 bits per heavy atom. The molecule has 0 aliphatic rings. The van der Waals surface area contributed by atoms with Gasteiger partial charge in [-0.05, 0) is 139 Å². The number of phenols is 2. The van der Waals surface area contributed by atoms with Crippen LogP contribution in [0, 0.1) is 41.5 Å². The van der Waals surface area contributed by atoms with Crippen LogP contribution in [0.3, 0.4) is 0 Å². The largest absolute Gasteiger partial charge is 0.508 e. The number of benzene rings is 5. The lowest BCUT2D eigenvalue weighted by Crippen LogP contribution is -2.24. The van der Waals surface area contributed by atoms with E-state index in [2.05, 4.69) is 138 Å². The number of nitrogens with zero attached hydrogens (tertiary/aromatic N) is 3. The monoisotopic (exact) mass is 767 g/mol. The van der Waals surface area contributed by atoms with Crippen LogP contribution < -0.4 is 10.6 Å². The number of fused-ring (bicyclic) bond motifs is 4. The van der Waals surface area contributed by atoms with Gasteiger partial charge in [0.05, 0.1) is 22.1 Å². The van der Waals surface area contributed by atoms with Crippen molar-refractivity contribution in [1.29, 1.82) is 0 Å². The van der Waals surface area contributed by atoms with Crippen LogP contribution in [0.1, 0.15) is 108 Å². The van der Waals surface area contributed by atoms with Crippen molar-refractivity contribution in [3.63, 3.8) is 0 Å². The van der Waals surface area contributed by atoms with Gasteiger partial charge in [0, 0.05) is 73.8 Å². The van der Waals surface area contributed by atoms with Crippen LogP contribution in [0.15, 0.2) is 91.0 Å². The van der Waals surface area contributed by atoms with E-state index in [9.17, 15) is 10.2 Å². The van der Waals surface area contributed by atoms with Gasteiger partial charge in [-0.3, -0.25) is 9.97 Å². The quantitative estimate of drug-likeness (QED) is 0.108. The zero-order valence-electron chi connectivity index (χ0n) is 35.2. The molecule has 294 valence electrons. The first-order valence-electron chi connectivity index (χ1n) is 20.4. The summed E-state index contributed by atoms with van der Waals surface area (Å²) in [6.45, 7) is 20.9. The number of phenolic OH excluding ortho intramolecular Hbond substituents is 2. The minimum atomic E-state index is -0.310. The van der Waals surface area contributed by atoms with Crippen molar-refractivity contribution in [2.24, 2.45) is 0 Å². The van der Waals surface area contributed by atoms with E-state index in [4.69, 9.17) is 15.0 Å². The maximum absolute atomic E-state index is 12.0. The second-order valence-corrected chi connectivity index (χ2v) is 16.4. The summed E-state index contributed by atoms with van der Waals surface area (Å²) < 4.78 is 0. The molecule has 8 aromatic rings. The molecule has 58 heavy (non-hydrogen) atoms. The molecule has 0 radical (unpaired) electrons. The molecule has 0 fully saturated rings. The third-order valence-corrected chi connectivity index (χ3v) is 12.2. The summed E-state index contributed by atoms with van der Waals surface area (Å²) in [4.78, 5) is 15.4. The molecule has 0 amide bonds. The standard InChI is InChI=1S/C51H53N5O2/c1-26-13-11-12-14-36(26)46-41-23-24-43(57)44(34(9)54-32(7)39-19-15-27(2)37-21-17-30(5)52-47(37)39)49(41)56-50-42(46)25-29(4)51(58)45(50)35(10)55-33(8)40-20-16-28(3)38-22-18-31(6)53-48(38)40/h11-25,32-35,54-55,57-58H,1-10H3. The number of rotatable bonds is 9. The minimum Gasteiger partial charge on any atom is -0.508 e. The van der Waals surface area contributed by atoms with Crippen LogP contribution in [0.25, 0.3) is 54.7 Å². The molecule has 4 atom stereocenters. The van der Waals surface area contributed by atoms with Crippen LogP contribution in [-0.4, -0.2) is 25.2 Å². The molecule has 0 aliphatic heterocycles. The number of aromatic nitrogens is 3. The van der Waals surface area contributed by atoms with Gasteiger partial charge in [0.15, 0.2) is 0 Å². The Kier molecular flexibility index (Phi) is 10.2. The van der Waals surface area contributed by atoms with Crippen molar-refractivity contribution < 1.29 is 10.2 Å². The molecular formula is C51H53N5O2. The molecule has 3 aromatic heterocycles. The van der Waals surface area contributed by atoms with Crippen molar-refractivity contribution >= 4 is 43.6 Å². The number of aromatic hydroxyl groups is 2. The topological polar surface area (TPSA) is 103 Å². The second kappa shape index (κ2) is 15.1. The number of aryl methyl sites for hydroxylation is 6. The van der Waals surface area contributed by atoms with E-state index in [-0.39, 0.29) is 35.7 Å². The Hall–Kier alpha value is -5.89. The van der Waals surface area contributed by atoms with E-state index < -0.39 is 0 Å². The Morgan fingerprint density at radius 1 is 0.448 bits per heavy atom. The van der Waals surface area contributed by atoms with Crippen LogP contribution >= 0.6 is 0 Å². The van der Waals surface area contributed by atoms with Crippen molar-refractivity contribution in [2.45, 2.75) is 93.4 Å². The third-order valence-electron chi connectivity index (χ3n) is 12.2. The van der Waals surface area contributed by atoms with Gasteiger partial charge >= 0.3 is 0 Å². The van der Waals surface area contributed by atoms with E-state index in [1.165, 1.54) is 11.1 Å². The molecular weight excluding hydrogens is 715 g/mol. The SMILES string of the molecule is Cc1ccc2c(C)ccc(C(C)NC(C)c3c(O)ccc4c(-c5ccccc5C)c5cc(C)c(O)c(C(C)NC(C)c6ccc(C)c7ccc(C)nc67)c5nc34)c2n1. The highest BCUT2D eigenvalue weighted by Crippen LogP contribution is 2.46. The lowest BCUT2D eigenvalue weighted by molar-refractivity contribution is 0.438. The Bertz CT molecular complexity index is 2920. The second-order valence-electron chi connectivity index (χ2n) is 16.4. The van der Waals surface area contributed by atoms with Crippen LogP contribution in [0.5, 0.6) is 11.5 Å². The molecule has 8 rings (SSSR count). The number of nitrogens with one attached hydrogen (secondary N) is 2. The Morgan fingerprint density at radius 2 is 0.966 bits per heavy atom. The van der Waals surface area contributed by atoms with E-state index in [1.807, 2.05) is 26.8 Å².